The molecule has 2 atom stereocenters. The number of non-ortho nitro benzene ring substituents is 1. The Morgan fingerprint density at radius 3 is 2.53 bits per heavy atom. The molecule has 2 aromatic carbocycles. The highest BCUT2D eigenvalue weighted by Gasteiger charge is 2.37. The Morgan fingerprint density at radius 1 is 0.974 bits per heavy atom. The van der Waals surface area contributed by atoms with E-state index < -0.39 is 4.92 Å². The van der Waals surface area contributed by atoms with Crippen LogP contribution in [-0.2, 0) is 11.2 Å². The van der Waals surface area contributed by atoms with Crippen molar-refractivity contribution < 1.29 is 14.5 Å². The molecular formula is C29H32N4O4S. The normalized spacial score (nSPS) is 18.9. The van der Waals surface area contributed by atoms with Crippen LogP contribution in [0.3, 0.4) is 0 Å². The Balaban J connectivity index is 1.31. The first kappa shape index (κ1) is 26.1. The van der Waals surface area contributed by atoms with Crippen molar-refractivity contribution in [2.45, 2.75) is 38.8 Å². The van der Waals surface area contributed by atoms with Gasteiger partial charge in [-0.3, -0.25) is 24.6 Å². The van der Waals surface area contributed by atoms with Gasteiger partial charge in [0, 0.05) is 55.3 Å². The van der Waals surface area contributed by atoms with Gasteiger partial charge in [0.1, 0.15) is 0 Å². The highest BCUT2D eigenvalue weighted by molar-refractivity contribution is 7.10. The molecule has 1 fully saturated rings. The lowest BCUT2D eigenvalue weighted by Crippen LogP contribution is -2.51. The molecule has 198 valence electrons. The first-order valence-corrected chi connectivity index (χ1v) is 13.9. The van der Waals surface area contributed by atoms with Crippen molar-refractivity contribution in [2.24, 2.45) is 0 Å². The molecule has 1 saturated heterocycles. The predicted octanol–water partition coefficient (Wildman–Crippen LogP) is 4.68. The first-order chi connectivity index (χ1) is 18.3. The third-order valence-corrected chi connectivity index (χ3v) is 8.74. The smallest absolute Gasteiger partial charge is 0.270 e. The van der Waals surface area contributed by atoms with Gasteiger partial charge in [0.2, 0.25) is 5.91 Å². The molecule has 9 heteroatoms. The lowest BCUT2D eigenvalue weighted by atomic mass is 9.89. The summed E-state index contributed by atoms with van der Waals surface area (Å²) in [6.07, 6.45) is 1.59. The molecule has 3 aromatic rings. The largest absolute Gasteiger partial charge is 0.340 e. The second kappa shape index (κ2) is 11.0. The molecular weight excluding hydrogens is 500 g/mol. The van der Waals surface area contributed by atoms with E-state index in [-0.39, 0.29) is 29.6 Å². The summed E-state index contributed by atoms with van der Waals surface area (Å²) in [5.41, 5.74) is 3.94. The van der Waals surface area contributed by atoms with E-state index in [1.54, 1.807) is 22.3 Å². The molecule has 0 radical (unpaired) electrons. The summed E-state index contributed by atoms with van der Waals surface area (Å²) in [7, 11) is 0. The van der Waals surface area contributed by atoms with E-state index in [1.165, 1.54) is 39.8 Å². The summed E-state index contributed by atoms with van der Waals surface area (Å²) in [6.45, 7) is 6.86. The standard InChI is InChI=1S/C29H32N4O4S/c1-20-7-3-4-10-24(20)27-25-12-18-38-26(25)11-15-32(27)21(2)28(34)30-13-6-14-31(17-16-30)29(35)22-8-5-9-23(19-22)33(36)37/h3-5,7-10,12,18-19,21,27H,6,11,13-17H2,1-2H3. The number of aryl methyl sites for hydroxylation is 1. The van der Waals surface area contributed by atoms with Crippen LogP contribution in [0, 0.1) is 17.0 Å². The van der Waals surface area contributed by atoms with E-state index in [0.29, 0.717) is 38.2 Å². The van der Waals surface area contributed by atoms with Crippen LogP contribution in [-0.4, -0.2) is 70.2 Å². The van der Waals surface area contributed by atoms with E-state index in [2.05, 4.69) is 41.5 Å². The summed E-state index contributed by atoms with van der Waals surface area (Å²) in [6, 6.07) is 16.2. The number of nitro benzene ring substituents is 1. The number of hydrogen-bond acceptors (Lipinski definition) is 6. The fraction of sp³-hybridized carbons (Fsp3) is 0.379. The van der Waals surface area contributed by atoms with Gasteiger partial charge in [0.05, 0.1) is 17.0 Å². The monoisotopic (exact) mass is 532 g/mol. The van der Waals surface area contributed by atoms with Crippen LogP contribution < -0.4 is 0 Å². The summed E-state index contributed by atoms with van der Waals surface area (Å²) >= 11 is 1.79. The third kappa shape index (κ3) is 5.08. The summed E-state index contributed by atoms with van der Waals surface area (Å²) in [5.74, 6) is -0.163. The number of rotatable bonds is 5. The number of nitro groups is 1. The summed E-state index contributed by atoms with van der Waals surface area (Å²) in [5, 5.41) is 13.3. The van der Waals surface area contributed by atoms with Crippen molar-refractivity contribution in [2.75, 3.05) is 32.7 Å². The maximum Gasteiger partial charge on any atom is 0.270 e. The molecule has 5 rings (SSSR count). The van der Waals surface area contributed by atoms with Crippen LogP contribution in [0.15, 0.2) is 60.0 Å². The lowest BCUT2D eigenvalue weighted by molar-refractivity contribution is -0.384. The van der Waals surface area contributed by atoms with Gasteiger partial charge in [-0.25, -0.2) is 0 Å². The minimum atomic E-state index is -0.495. The zero-order valence-electron chi connectivity index (χ0n) is 21.7. The van der Waals surface area contributed by atoms with Crippen molar-refractivity contribution in [1.29, 1.82) is 0 Å². The molecule has 2 aliphatic heterocycles. The highest BCUT2D eigenvalue weighted by Crippen LogP contribution is 2.40. The molecule has 0 N–H and O–H groups in total. The minimum absolute atomic E-state index is 0.0316. The van der Waals surface area contributed by atoms with Crippen LogP contribution in [0.5, 0.6) is 0 Å². The SMILES string of the molecule is Cc1ccccc1C1c2ccsc2CCN1C(C)C(=O)N1CCCN(C(=O)c2cccc([N+](=O)[O-])c2)CC1. The maximum atomic E-state index is 13.8. The molecule has 38 heavy (non-hydrogen) atoms. The highest BCUT2D eigenvalue weighted by atomic mass is 32.1. The number of carbonyl (C=O) groups excluding carboxylic acids is 2. The van der Waals surface area contributed by atoms with Crippen molar-refractivity contribution in [1.82, 2.24) is 14.7 Å². The lowest BCUT2D eigenvalue weighted by Gasteiger charge is -2.41. The summed E-state index contributed by atoms with van der Waals surface area (Å²) in [4.78, 5) is 44.9. The van der Waals surface area contributed by atoms with Gasteiger partial charge in [-0.05, 0) is 60.9 Å². The third-order valence-electron chi connectivity index (χ3n) is 7.74. The molecule has 2 unspecified atom stereocenters. The second-order valence-electron chi connectivity index (χ2n) is 10.0. The summed E-state index contributed by atoms with van der Waals surface area (Å²) < 4.78 is 0. The van der Waals surface area contributed by atoms with E-state index >= 15 is 0 Å². The van der Waals surface area contributed by atoms with E-state index in [1.807, 2.05) is 17.9 Å². The molecule has 0 bridgehead atoms. The van der Waals surface area contributed by atoms with Crippen LogP contribution in [0.1, 0.15) is 51.3 Å². The second-order valence-corrected chi connectivity index (χ2v) is 11.0. The van der Waals surface area contributed by atoms with Gasteiger partial charge in [0.25, 0.3) is 11.6 Å². The van der Waals surface area contributed by atoms with Gasteiger partial charge in [-0.2, -0.15) is 0 Å². The van der Waals surface area contributed by atoms with Crippen LogP contribution in [0.4, 0.5) is 5.69 Å². The van der Waals surface area contributed by atoms with Gasteiger partial charge < -0.3 is 9.80 Å². The van der Waals surface area contributed by atoms with E-state index in [9.17, 15) is 19.7 Å². The Labute approximate surface area is 226 Å². The fourth-order valence-electron chi connectivity index (χ4n) is 5.67. The molecule has 1 aromatic heterocycles. The number of amides is 2. The van der Waals surface area contributed by atoms with Crippen molar-refractivity contribution in [3.63, 3.8) is 0 Å². The molecule has 2 amide bonds. The van der Waals surface area contributed by atoms with Crippen LogP contribution >= 0.6 is 11.3 Å². The average Bonchev–Trinajstić information content (AvgIpc) is 3.28. The zero-order valence-corrected chi connectivity index (χ0v) is 22.5. The molecule has 0 spiro atoms. The predicted molar refractivity (Wildman–Crippen MR) is 147 cm³/mol. The Hall–Kier alpha value is -3.56. The fourth-order valence-corrected chi connectivity index (χ4v) is 6.58. The number of carbonyl (C=O) groups is 2. The number of nitrogens with zero attached hydrogens (tertiary/aromatic N) is 4. The number of fused-ring (bicyclic) bond motifs is 1. The molecule has 3 heterocycles. The molecule has 2 aliphatic rings. The molecule has 8 nitrogen and oxygen atoms in total. The Kier molecular flexibility index (Phi) is 7.58. The number of thiophene rings is 1. The van der Waals surface area contributed by atoms with Crippen molar-refractivity contribution in [3.8, 4) is 0 Å². The molecule has 0 aliphatic carbocycles. The number of hydrogen-bond donors (Lipinski definition) is 0. The van der Waals surface area contributed by atoms with E-state index in [0.717, 1.165) is 13.0 Å². The van der Waals surface area contributed by atoms with Crippen molar-refractivity contribution >= 4 is 28.8 Å². The van der Waals surface area contributed by atoms with Crippen LogP contribution in [0.25, 0.3) is 0 Å². The first-order valence-electron chi connectivity index (χ1n) is 13.0. The molecule has 0 saturated carbocycles. The van der Waals surface area contributed by atoms with Gasteiger partial charge in [-0.1, -0.05) is 30.3 Å². The quantitative estimate of drug-likeness (QED) is 0.352. The van der Waals surface area contributed by atoms with Gasteiger partial charge in [0.15, 0.2) is 0 Å². The Bertz CT molecular complexity index is 1360. The maximum absolute atomic E-state index is 13.8. The Morgan fingerprint density at radius 2 is 1.74 bits per heavy atom. The van der Waals surface area contributed by atoms with Crippen LogP contribution in [0.2, 0.25) is 0 Å². The van der Waals surface area contributed by atoms with Gasteiger partial charge in [-0.15, -0.1) is 11.3 Å². The topological polar surface area (TPSA) is 87.0 Å². The van der Waals surface area contributed by atoms with Crippen molar-refractivity contribution in [3.05, 3.63) is 97.2 Å². The number of benzene rings is 2. The minimum Gasteiger partial charge on any atom is -0.340 e. The zero-order chi connectivity index (χ0) is 26.8. The average molecular weight is 533 g/mol. The van der Waals surface area contributed by atoms with E-state index in [4.69, 9.17) is 0 Å². The van der Waals surface area contributed by atoms with Gasteiger partial charge >= 0.3 is 0 Å².